The van der Waals surface area contributed by atoms with E-state index in [4.69, 9.17) is 9.72 Å². The lowest BCUT2D eigenvalue weighted by molar-refractivity contribution is 0.154. The summed E-state index contributed by atoms with van der Waals surface area (Å²) in [6.45, 7) is 10.7. The molecule has 4 heteroatoms. The smallest absolute Gasteiger partial charge is 0.113 e. The lowest BCUT2D eigenvalue weighted by Gasteiger charge is -2.39. The Kier molecular flexibility index (Phi) is 5.44. The molecule has 1 heterocycles. The minimum atomic E-state index is 0.0687. The summed E-state index contributed by atoms with van der Waals surface area (Å²) in [5, 5.41) is 7.28. The van der Waals surface area contributed by atoms with Gasteiger partial charge in [0.15, 0.2) is 0 Å². The molecule has 1 aromatic rings. The van der Waals surface area contributed by atoms with Crippen LogP contribution in [0.3, 0.4) is 0 Å². The van der Waals surface area contributed by atoms with Crippen molar-refractivity contribution in [3.05, 3.63) is 16.1 Å². The number of nitrogens with zero attached hydrogens (tertiary/aromatic N) is 1. The third-order valence-corrected chi connectivity index (χ3v) is 5.63. The minimum absolute atomic E-state index is 0.0687. The monoisotopic (exact) mass is 310 g/mol. The van der Waals surface area contributed by atoms with E-state index in [1.807, 2.05) is 11.3 Å². The maximum Gasteiger partial charge on any atom is 0.113 e. The largest absolute Gasteiger partial charge is 0.383 e. The molecule has 0 spiro atoms. The van der Waals surface area contributed by atoms with Crippen LogP contribution < -0.4 is 5.32 Å². The van der Waals surface area contributed by atoms with E-state index in [0.29, 0.717) is 0 Å². The van der Waals surface area contributed by atoms with Crippen LogP contribution in [0.25, 0.3) is 0 Å². The number of aromatic nitrogens is 1. The van der Waals surface area contributed by atoms with Crippen molar-refractivity contribution in [3.63, 3.8) is 0 Å². The zero-order valence-electron chi connectivity index (χ0n) is 14.2. The molecule has 0 saturated heterocycles. The predicted octanol–water partition coefficient (Wildman–Crippen LogP) is 4.08. The van der Waals surface area contributed by atoms with Gasteiger partial charge in [-0.05, 0) is 31.6 Å². The van der Waals surface area contributed by atoms with Crippen LogP contribution in [0.5, 0.6) is 0 Å². The van der Waals surface area contributed by atoms with Gasteiger partial charge in [0, 0.05) is 24.4 Å². The summed E-state index contributed by atoms with van der Waals surface area (Å²) >= 11 is 1.83. The van der Waals surface area contributed by atoms with Gasteiger partial charge in [-0.2, -0.15) is 0 Å². The lowest BCUT2D eigenvalue weighted by atomic mass is 9.77. The molecule has 0 unspecified atom stereocenters. The molecule has 0 atom stereocenters. The third kappa shape index (κ3) is 4.05. The van der Waals surface area contributed by atoms with Gasteiger partial charge < -0.3 is 10.1 Å². The molecule has 1 aliphatic rings. The highest BCUT2D eigenvalue weighted by Crippen LogP contribution is 2.41. The predicted molar refractivity (Wildman–Crippen MR) is 90.0 cm³/mol. The Morgan fingerprint density at radius 3 is 2.57 bits per heavy atom. The molecule has 21 heavy (non-hydrogen) atoms. The summed E-state index contributed by atoms with van der Waals surface area (Å²) < 4.78 is 5.21. The average molecular weight is 311 g/mol. The molecule has 1 aromatic heterocycles. The molecule has 3 nitrogen and oxygen atoms in total. The average Bonchev–Trinajstić information content (AvgIpc) is 2.92. The van der Waals surface area contributed by atoms with E-state index >= 15 is 0 Å². The van der Waals surface area contributed by atoms with Gasteiger partial charge in [0.25, 0.3) is 0 Å². The zero-order valence-corrected chi connectivity index (χ0v) is 15.0. The molecule has 0 radical (unpaired) electrons. The second-order valence-electron chi connectivity index (χ2n) is 7.47. The number of hydrogen-bond donors (Lipinski definition) is 1. The van der Waals surface area contributed by atoms with Crippen LogP contribution in [-0.4, -0.2) is 25.2 Å². The number of hydrogen-bond acceptors (Lipinski definition) is 4. The van der Waals surface area contributed by atoms with E-state index in [9.17, 15) is 0 Å². The van der Waals surface area contributed by atoms with E-state index in [1.54, 1.807) is 7.11 Å². The molecule has 1 aliphatic carbocycles. The van der Waals surface area contributed by atoms with Crippen LogP contribution >= 0.6 is 11.3 Å². The standard InChI is InChI=1S/C17H30N2OS/c1-13-6-8-17(9-7-13,18-10-11-20-5)15-19-14(12-21-15)16(2,3)4/h12-13,18H,6-11H2,1-5H3. The lowest BCUT2D eigenvalue weighted by Crippen LogP contribution is -2.46. The molecular weight excluding hydrogens is 280 g/mol. The molecule has 120 valence electrons. The summed E-state index contributed by atoms with van der Waals surface area (Å²) in [7, 11) is 1.76. The Balaban J connectivity index is 2.20. The highest BCUT2D eigenvalue weighted by molar-refractivity contribution is 7.09. The first-order valence-electron chi connectivity index (χ1n) is 8.08. The number of thiazole rings is 1. The van der Waals surface area contributed by atoms with Crippen LogP contribution in [-0.2, 0) is 15.7 Å². The van der Waals surface area contributed by atoms with Crippen molar-refractivity contribution in [2.45, 2.75) is 64.3 Å². The minimum Gasteiger partial charge on any atom is -0.383 e. The number of methoxy groups -OCH3 is 1. The third-order valence-electron chi connectivity index (χ3n) is 4.58. The van der Waals surface area contributed by atoms with Crippen molar-refractivity contribution in [2.24, 2.45) is 5.92 Å². The van der Waals surface area contributed by atoms with Crippen molar-refractivity contribution < 1.29 is 4.74 Å². The summed E-state index contributed by atoms with van der Waals surface area (Å²) in [4.78, 5) is 5.00. The van der Waals surface area contributed by atoms with Crippen molar-refractivity contribution in [3.8, 4) is 0 Å². The fourth-order valence-corrected chi connectivity index (χ4v) is 4.23. The Bertz CT molecular complexity index is 442. The summed E-state index contributed by atoms with van der Waals surface area (Å²) in [5.74, 6) is 0.837. The van der Waals surface area contributed by atoms with E-state index in [0.717, 1.165) is 19.1 Å². The van der Waals surface area contributed by atoms with Gasteiger partial charge in [-0.25, -0.2) is 4.98 Å². The van der Waals surface area contributed by atoms with Gasteiger partial charge >= 0.3 is 0 Å². The first kappa shape index (κ1) is 16.9. The molecule has 2 rings (SSSR count). The van der Waals surface area contributed by atoms with E-state index in [-0.39, 0.29) is 11.0 Å². The van der Waals surface area contributed by atoms with Crippen LogP contribution in [0.4, 0.5) is 0 Å². The maximum atomic E-state index is 5.21. The Hall–Kier alpha value is -0.450. The Morgan fingerprint density at radius 2 is 2.05 bits per heavy atom. The molecular formula is C17H30N2OS. The summed E-state index contributed by atoms with van der Waals surface area (Å²) in [5.41, 5.74) is 1.41. The number of rotatable bonds is 5. The van der Waals surface area contributed by atoms with E-state index < -0.39 is 0 Å². The molecule has 0 amide bonds. The fourth-order valence-electron chi connectivity index (χ4n) is 2.95. The van der Waals surface area contributed by atoms with Gasteiger partial charge in [-0.3, -0.25) is 0 Å². The van der Waals surface area contributed by atoms with Crippen LogP contribution in [0.15, 0.2) is 5.38 Å². The van der Waals surface area contributed by atoms with E-state index in [2.05, 4.69) is 38.4 Å². The second-order valence-corrected chi connectivity index (χ2v) is 8.33. The zero-order chi connectivity index (χ0) is 15.5. The summed E-state index contributed by atoms with van der Waals surface area (Å²) in [6.07, 6.45) is 4.94. The highest BCUT2D eigenvalue weighted by Gasteiger charge is 2.38. The highest BCUT2D eigenvalue weighted by atomic mass is 32.1. The number of nitrogens with one attached hydrogen (secondary N) is 1. The van der Waals surface area contributed by atoms with Crippen molar-refractivity contribution in [2.75, 3.05) is 20.3 Å². The van der Waals surface area contributed by atoms with Gasteiger partial charge in [-0.1, -0.05) is 27.7 Å². The van der Waals surface area contributed by atoms with Gasteiger partial charge in [0.1, 0.15) is 5.01 Å². The Morgan fingerprint density at radius 1 is 1.38 bits per heavy atom. The van der Waals surface area contributed by atoms with Crippen LogP contribution in [0.2, 0.25) is 0 Å². The normalized spacial score (nSPS) is 27.0. The van der Waals surface area contributed by atoms with Crippen LogP contribution in [0, 0.1) is 5.92 Å². The maximum absolute atomic E-state index is 5.21. The topological polar surface area (TPSA) is 34.1 Å². The molecule has 1 N–H and O–H groups in total. The first-order valence-corrected chi connectivity index (χ1v) is 8.96. The van der Waals surface area contributed by atoms with E-state index in [1.165, 1.54) is 36.4 Å². The quantitative estimate of drug-likeness (QED) is 0.832. The number of ether oxygens (including phenoxy) is 1. The van der Waals surface area contributed by atoms with Gasteiger partial charge in [0.05, 0.1) is 17.8 Å². The van der Waals surface area contributed by atoms with Gasteiger partial charge in [-0.15, -0.1) is 11.3 Å². The van der Waals surface area contributed by atoms with Gasteiger partial charge in [0.2, 0.25) is 0 Å². The SMILES string of the molecule is COCCNC1(c2nc(C(C)(C)C)cs2)CCC(C)CC1. The molecule has 0 bridgehead atoms. The molecule has 1 fully saturated rings. The molecule has 1 saturated carbocycles. The molecule has 0 aliphatic heterocycles. The molecule has 0 aromatic carbocycles. The second kappa shape index (κ2) is 6.76. The first-order chi connectivity index (χ1) is 9.87. The van der Waals surface area contributed by atoms with Crippen LogP contribution in [0.1, 0.15) is 64.1 Å². The summed E-state index contributed by atoms with van der Waals surface area (Å²) in [6, 6.07) is 0. The van der Waals surface area contributed by atoms with Crippen molar-refractivity contribution >= 4 is 11.3 Å². The fraction of sp³-hybridized carbons (Fsp3) is 0.824. The van der Waals surface area contributed by atoms with Crippen molar-refractivity contribution in [1.82, 2.24) is 10.3 Å². The van der Waals surface area contributed by atoms with Crippen molar-refractivity contribution in [1.29, 1.82) is 0 Å². The Labute approximate surface area is 133 Å².